The van der Waals surface area contributed by atoms with Gasteiger partial charge < -0.3 is 10.4 Å². The van der Waals surface area contributed by atoms with Crippen LogP contribution in [0.15, 0.2) is 49.3 Å². The van der Waals surface area contributed by atoms with Crippen molar-refractivity contribution in [2.45, 2.75) is 6.54 Å². The smallest absolute Gasteiger partial charge is 0.358 e. The van der Waals surface area contributed by atoms with E-state index < -0.39 is 5.97 Å². The number of carboxylic acid groups (broad SMARTS) is 1. The van der Waals surface area contributed by atoms with Crippen LogP contribution in [0.4, 0.5) is 5.82 Å². The zero-order valence-electron chi connectivity index (χ0n) is 12.4. The third kappa shape index (κ3) is 2.30. The van der Waals surface area contributed by atoms with Gasteiger partial charge in [0.2, 0.25) is 0 Å². The van der Waals surface area contributed by atoms with Gasteiger partial charge in [-0.05, 0) is 17.7 Å². The van der Waals surface area contributed by atoms with E-state index in [1.165, 1.54) is 6.33 Å². The lowest BCUT2D eigenvalue weighted by Gasteiger charge is -2.10. The van der Waals surface area contributed by atoms with Crippen molar-refractivity contribution in [2.75, 3.05) is 5.32 Å². The maximum Gasteiger partial charge on any atom is 0.358 e. The number of aromatic carboxylic acids is 1. The fourth-order valence-corrected chi connectivity index (χ4v) is 2.54. The minimum Gasteiger partial charge on any atom is -0.476 e. The van der Waals surface area contributed by atoms with Gasteiger partial charge in [0.15, 0.2) is 11.3 Å². The van der Waals surface area contributed by atoms with Gasteiger partial charge in [-0.3, -0.25) is 14.4 Å². The van der Waals surface area contributed by atoms with E-state index in [1.54, 1.807) is 29.2 Å². The van der Waals surface area contributed by atoms with Gasteiger partial charge in [-0.25, -0.2) is 14.8 Å². The number of nitrogens with zero attached hydrogens (tertiary/aromatic N) is 5. The summed E-state index contributed by atoms with van der Waals surface area (Å²) < 4.78 is 1.63. The van der Waals surface area contributed by atoms with Crippen molar-refractivity contribution in [1.29, 1.82) is 0 Å². The normalized spacial score (nSPS) is 11.0. The summed E-state index contributed by atoms with van der Waals surface area (Å²) in [5, 5.41) is 13.4. The summed E-state index contributed by atoms with van der Waals surface area (Å²) in [6, 6.07) is 5.63. The number of aromatic nitrogens is 5. The number of rotatable bonds is 4. The molecule has 0 aliphatic rings. The molecule has 0 unspecified atom stereocenters. The maximum atomic E-state index is 11.3. The number of fused-ring (bicyclic) bond motifs is 3. The van der Waals surface area contributed by atoms with Crippen LogP contribution in [0.3, 0.4) is 0 Å². The summed E-state index contributed by atoms with van der Waals surface area (Å²) in [4.78, 5) is 27.9. The van der Waals surface area contributed by atoms with E-state index in [9.17, 15) is 9.90 Å². The van der Waals surface area contributed by atoms with Crippen molar-refractivity contribution in [3.05, 3.63) is 60.6 Å². The van der Waals surface area contributed by atoms with Gasteiger partial charge in [-0.15, -0.1) is 0 Å². The molecule has 4 rings (SSSR count). The van der Waals surface area contributed by atoms with Crippen LogP contribution in [0, 0.1) is 0 Å². The minimum absolute atomic E-state index is 0.0924. The molecule has 0 amide bonds. The number of nitrogens with one attached hydrogen (secondary N) is 1. The Bertz CT molecular complexity index is 1040. The highest BCUT2D eigenvalue weighted by Crippen LogP contribution is 2.24. The molecule has 4 aromatic rings. The molecule has 0 aromatic carbocycles. The number of carboxylic acids is 1. The molecule has 0 saturated carbocycles. The fourth-order valence-electron chi connectivity index (χ4n) is 2.54. The molecule has 0 radical (unpaired) electrons. The summed E-state index contributed by atoms with van der Waals surface area (Å²) in [6.07, 6.45) is 8.24. The van der Waals surface area contributed by atoms with Crippen molar-refractivity contribution >= 4 is 28.3 Å². The molecule has 118 valence electrons. The number of hydrogen-bond donors (Lipinski definition) is 2. The average Bonchev–Trinajstić information content (AvgIpc) is 3.05. The highest BCUT2D eigenvalue weighted by Gasteiger charge is 2.17. The first-order valence-electron chi connectivity index (χ1n) is 7.21. The van der Waals surface area contributed by atoms with Crippen LogP contribution in [-0.4, -0.2) is 35.4 Å². The average molecular weight is 320 g/mol. The molecule has 0 aliphatic carbocycles. The van der Waals surface area contributed by atoms with E-state index in [2.05, 4.69) is 25.3 Å². The molecule has 0 bridgehead atoms. The number of anilines is 1. The molecule has 0 saturated heterocycles. The van der Waals surface area contributed by atoms with Crippen LogP contribution < -0.4 is 5.32 Å². The maximum absolute atomic E-state index is 11.3. The second-order valence-corrected chi connectivity index (χ2v) is 5.16. The summed E-state index contributed by atoms with van der Waals surface area (Å²) in [5.41, 5.74) is 1.91. The summed E-state index contributed by atoms with van der Waals surface area (Å²) >= 11 is 0. The second kappa shape index (κ2) is 5.58. The molecule has 0 aliphatic heterocycles. The predicted molar refractivity (Wildman–Crippen MR) is 86.8 cm³/mol. The van der Waals surface area contributed by atoms with E-state index in [4.69, 9.17) is 0 Å². The van der Waals surface area contributed by atoms with Gasteiger partial charge in [-0.2, -0.15) is 0 Å². The van der Waals surface area contributed by atoms with Crippen molar-refractivity contribution in [3.8, 4) is 0 Å². The lowest BCUT2D eigenvalue weighted by Crippen LogP contribution is -2.06. The molecular formula is C16H12N6O2. The van der Waals surface area contributed by atoms with Crippen molar-refractivity contribution in [3.63, 3.8) is 0 Å². The third-order valence-electron chi connectivity index (χ3n) is 3.66. The third-order valence-corrected chi connectivity index (χ3v) is 3.66. The second-order valence-electron chi connectivity index (χ2n) is 5.16. The topological polar surface area (TPSA) is 105 Å². The Hall–Kier alpha value is -3.55. The lowest BCUT2D eigenvalue weighted by molar-refractivity contribution is 0.0693. The molecule has 0 atom stereocenters. The first-order chi connectivity index (χ1) is 11.7. The highest BCUT2D eigenvalue weighted by atomic mass is 16.4. The van der Waals surface area contributed by atoms with Crippen LogP contribution in [0.25, 0.3) is 16.6 Å². The van der Waals surface area contributed by atoms with E-state index in [1.807, 2.05) is 18.2 Å². The van der Waals surface area contributed by atoms with Crippen LogP contribution in [0.5, 0.6) is 0 Å². The number of hydrogen-bond acceptors (Lipinski definition) is 6. The number of imidazole rings is 1. The first-order valence-corrected chi connectivity index (χ1v) is 7.21. The quantitative estimate of drug-likeness (QED) is 0.592. The van der Waals surface area contributed by atoms with Gasteiger partial charge in [0, 0.05) is 30.5 Å². The van der Waals surface area contributed by atoms with Crippen molar-refractivity contribution in [2.24, 2.45) is 0 Å². The summed E-state index contributed by atoms with van der Waals surface area (Å²) in [7, 11) is 0. The Balaban J connectivity index is 1.85. The van der Waals surface area contributed by atoms with Crippen molar-refractivity contribution in [1.82, 2.24) is 24.3 Å². The Labute approximate surface area is 135 Å². The van der Waals surface area contributed by atoms with Crippen LogP contribution in [-0.2, 0) is 6.54 Å². The summed E-state index contributed by atoms with van der Waals surface area (Å²) in [5.74, 6) is -0.543. The van der Waals surface area contributed by atoms with Gasteiger partial charge >= 0.3 is 5.97 Å². The monoisotopic (exact) mass is 320 g/mol. The van der Waals surface area contributed by atoms with E-state index >= 15 is 0 Å². The van der Waals surface area contributed by atoms with Gasteiger partial charge in [0.05, 0.1) is 11.7 Å². The Morgan fingerprint density at radius 1 is 1.21 bits per heavy atom. The molecular weight excluding hydrogens is 308 g/mol. The Morgan fingerprint density at radius 2 is 2.08 bits per heavy atom. The molecule has 0 spiro atoms. The van der Waals surface area contributed by atoms with Gasteiger partial charge in [-0.1, -0.05) is 6.07 Å². The number of pyridine rings is 2. The molecule has 8 heteroatoms. The van der Waals surface area contributed by atoms with Crippen molar-refractivity contribution < 1.29 is 9.90 Å². The highest BCUT2D eigenvalue weighted by molar-refractivity contribution is 5.97. The lowest BCUT2D eigenvalue weighted by atomic mass is 10.2. The standard InChI is InChI=1S/C16H12N6O2/c23-16(24)13-15-21-14(19-7-10-2-1-4-17-6-10)11-3-5-18-8-12(11)22(15)9-20-13/h1-6,8-9H,7H2,(H,19,21)(H,23,24). The minimum atomic E-state index is -1.12. The molecule has 2 N–H and O–H groups in total. The molecule has 0 fully saturated rings. The van der Waals surface area contributed by atoms with E-state index in [0.29, 0.717) is 12.4 Å². The fraction of sp³-hybridized carbons (Fsp3) is 0.0625. The van der Waals surface area contributed by atoms with Crippen LogP contribution in [0.2, 0.25) is 0 Å². The molecule has 24 heavy (non-hydrogen) atoms. The van der Waals surface area contributed by atoms with E-state index in [-0.39, 0.29) is 11.3 Å². The van der Waals surface area contributed by atoms with E-state index in [0.717, 1.165) is 16.5 Å². The van der Waals surface area contributed by atoms with Gasteiger partial charge in [0.1, 0.15) is 12.1 Å². The Kier molecular flexibility index (Phi) is 3.27. The van der Waals surface area contributed by atoms with Crippen LogP contribution in [0.1, 0.15) is 16.1 Å². The zero-order chi connectivity index (χ0) is 16.5. The molecule has 4 aromatic heterocycles. The number of carbonyl (C=O) groups is 1. The van der Waals surface area contributed by atoms with Crippen LogP contribution >= 0.6 is 0 Å². The largest absolute Gasteiger partial charge is 0.476 e. The zero-order valence-corrected chi connectivity index (χ0v) is 12.4. The molecule has 8 nitrogen and oxygen atoms in total. The SMILES string of the molecule is O=C(O)c1ncn2c1nc(NCc1cccnc1)c1ccncc12. The summed E-state index contributed by atoms with van der Waals surface area (Å²) in [6.45, 7) is 0.519. The predicted octanol–water partition coefficient (Wildman–Crippen LogP) is 1.98. The Morgan fingerprint density at radius 3 is 2.88 bits per heavy atom. The first kappa shape index (κ1) is 14.1. The van der Waals surface area contributed by atoms with Gasteiger partial charge in [0.25, 0.3) is 0 Å². The molecule has 4 heterocycles.